The largest absolute Gasteiger partial charge is 0.339 e. The van der Waals surface area contributed by atoms with Crippen molar-refractivity contribution in [2.45, 2.75) is 10.8 Å². The molecule has 3 aromatic rings. The number of amides is 1. The van der Waals surface area contributed by atoms with Crippen LogP contribution < -0.4 is 0 Å². The van der Waals surface area contributed by atoms with Crippen LogP contribution in [0.4, 0.5) is 0 Å². The van der Waals surface area contributed by atoms with Gasteiger partial charge >= 0.3 is 0 Å². The van der Waals surface area contributed by atoms with Gasteiger partial charge in [0, 0.05) is 38.3 Å². The van der Waals surface area contributed by atoms with Gasteiger partial charge in [-0.2, -0.15) is 4.98 Å². The Morgan fingerprint density at radius 3 is 2.34 bits per heavy atom. The Hall–Kier alpha value is -3.04. The van der Waals surface area contributed by atoms with Crippen LogP contribution in [0.2, 0.25) is 0 Å². The van der Waals surface area contributed by atoms with E-state index in [4.69, 9.17) is 4.52 Å². The second kappa shape index (κ2) is 7.41. The fourth-order valence-electron chi connectivity index (χ4n) is 3.07. The highest BCUT2D eigenvalue weighted by atomic mass is 32.2. The minimum absolute atomic E-state index is 0.00250. The summed E-state index contributed by atoms with van der Waals surface area (Å²) in [6, 6.07) is 15.5. The molecule has 0 aliphatic carbocycles. The summed E-state index contributed by atoms with van der Waals surface area (Å²) in [6.45, 7) is 0.958. The molecule has 8 nitrogen and oxygen atoms in total. The number of hydrogen-bond donors (Lipinski definition) is 0. The molecular formula is C20H20N4O4S. The van der Waals surface area contributed by atoms with Crippen molar-refractivity contribution in [2.75, 3.05) is 27.2 Å². The molecule has 0 spiro atoms. The SMILES string of the molecule is CN(C)S(=O)(=O)c1ccc(C(=O)N2CC(c3nc(-c4ccccc4)no3)C2)cc1. The van der Waals surface area contributed by atoms with Crippen LogP contribution in [0.1, 0.15) is 22.2 Å². The smallest absolute Gasteiger partial charge is 0.253 e. The molecule has 2 aromatic carbocycles. The second-order valence-corrected chi connectivity index (χ2v) is 9.19. The number of hydrogen-bond acceptors (Lipinski definition) is 6. The molecule has 1 aliphatic rings. The Labute approximate surface area is 168 Å². The molecular weight excluding hydrogens is 392 g/mol. The highest BCUT2D eigenvalue weighted by molar-refractivity contribution is 7.89. The Balaban J connectivity index is 1.40. The predicted octanol–water partition coefficient (Wildman–Crippen LogP) is 2.23. The molecule has 0 atom stereocenters. The third-order valence-electron chi connectivity index (χ3n) is 4.87. The molecule has 0 saturated carbocycles. The monoisotopic (exact) mass is 412 g/mol. The molecule has 0 bridgehead atoms. The Morgan fingerprint density at radius 2 is 1.72 bits per heavy atom. The third-order valence-corrected chi connectivity index (χ3v) is 6.70. The summed E-state index contributed by atoms with van der Waals surface area (Å²) < 4.78 is 30.8. The lowest BCUT2D eigenvalue weighted by Gasteiger charge is -2.37. The number of rotatable bonds is 5. The van der Waals surface area contributed by atoms with E-state index in [-0.39, 0.29) is 16.7 Å². The Morgan fingerprint density at radius 1 is 1.07 bits per heavy atom. The molecule has 150 valence electrons. The number of aromatic nitrogens is 2. The molecule has 1 amide bonds. The van der Waals surface area contributed by atoms with Crippen molar-refractivity contribution in [1.82, 2.24) is 19.3 Å². The lowest BCUT2D eigenvalue weighted by Crippen LogP contribution is -2.48. The van der Waals surface area contributed by atoms with Crippen molar-refractivity contribution in [3.63, 3.8) is 0 Å². The van der Waals surface area contributed by atoms with Gasteiger partial charge < -0.3 is 9.42 Å². The quantitative estimate of drug-likeness (QED) is 0.638. The van der Waals surface area contributed by atoms with Crippen LogP contribution in [0.15, 0.2) is 64.0 Å². The van der Waals surface area contributed by atoms with Crippen molar-refractivity contribution in [3.05, 3.63) is 66.1 Å². The van der Waals surface area contributed by atoms with Crippen LogP contribution in [-0.4, -0.2) is 60.9 Å². The maximum absolute atomic E-state index is 12.6. The summed E-state index contributed by atoms with van der Waals surface area (Å²) in [4.78, 5) is 18.9. The van der Waals surface area contributed by atoms with Gasteiger partial charge in [-0.25, -0.2) is 12.7 Å². The fourth-order valence-corrected chi connectivity index (χ4v) is 3.97. The van der Waals surface area contributed by atoms with Gasteiger partial charge in [-0.3, -0.25) is 4.79 Å². The Bertz CT molecular complexity index is 1120. The van der Waals surface area contributed by atoms with Crippen molar-refractivity contribution in [1.29, 1.82) is 0 Å². The number of carbonyl (C=O) groups is 1. The van der Waals surface area contributed by atoms with Gasteiger partial charge in [0.2, 0.25) is 21.7 Å². The van der Waals surface area contributed by atoms with Crippen LogP contribution in [0.25, 0.3) is 11.4 Å². The maximum Gasteiger partial charge on any atom is 0.253 e. The fraction of sp³-hybridized carbons (Fsp3) is 0.250. The van der Waals surface area contributed by atoms with Crippen LogP contribution in [0.3, 0.4) is 0 Å². The topological polar surface area (TPSA) is 96.6 Å². The molecule has 9 heteroatoms. The van der Waals surface area contributed by atoms with Gasteiger partial charge in [-0.1, -0.05) is 35.5 Å². The zero-order chi connectivity index (χ0) is 20.6. The summed E-state index contributed by atoms with van der Waals surface area (Å²) in [5.74, 6) is 0.888. The summed E-state index contributed by atoms with van der Waals surface area (Å²) in [5.41, 5.74) is 1.32. The molecule has 1 saturated heterocycles. The highest BCUT2D eigenvalue weighted by Crippen LogP contribution is 2.29. The van der Waals surface area contributed by atoms with E-state index in [2.05, 4.69) is 10.1 Å². The molecule has 1 fully saturated rings. The van der Waals surface area contributed by atoms with Crippen molar-refractivity contribution < 1.29 is 17.7 Å². The standard InChI is InChI=1S/C20H20N4O4S/c1-23(2)29(26,27)17-10-8-15(9-11-17)20(25)24-12-16(13-24)19-21-18(22-28-19)14-6-4-3-5-7-14/h3-11,16H,12-13H2,1-2H3. The molecule has 1 aromatic heterocycles. The Kier molecular flexibility index (Phi) is 4.93. The van der Waals surface area contributed by atoms with E-state index in [1.54, 1.807) is 4.90 Å². The van der Waals surface area contributed by atoms with Gasteiger partial charge in [-0.05, 0) is 24.3 Å². The molecule has 0 N–H and O–H groups in total. The van der Waals surface area contributed by atoms with Crippen LogP contribution in [0, 0.1) is 0 Å². The van der Waals surface area contributed by atoms with Crippen molar-refractivity contribution in [2.24, 2.45) is 0 Å². The van der Waals surface area contributed by atoms with Gasteiger partial charge in [0.1, 0.15) is 0 Å². The van der Waals surface area contributed by atoms with E-state index < -0.39 is 10.0 Å². The van der Waals surface area contributed by atoms with Crippen LogP contribution in [0.5, 0.6) is 0 Å². The summed E-state index contributed by atoms with van der Waals surface area (Å²) >= 11 is 0. The predicted molar refractivity (Wildman–Crippen MR) is 106 cm³/mol. The lowest BCUT2D eigenvalue weighted by atomic mass is 9.98. The van der Waals surface area contributed by atoms with Crippen LogP contribution >= 0.6 is 0 Å². The minimum atomic E-state index is -3.52. The molecule has 0 radical (unpaired) electrons. The van der Waals surface area contributed by atoms with Gasteiger partial charge in [0.15, 0.2) is 0 Å². The second-order valence-electron chi connectivity index (χ2n) is 7.04. The van der Waals surface area contributed by atoms with E-state index in [1.165, 1.54) is 38.4 Å². The van der Waals surface area contributed by atoms with Crippen molar-refractivity contribution >= 4 is 15.9 Å². The average Bonchev–Trinajstić information content (AvgIpc) is 3.17. The van der Waals surface area contributed by atoms with E-state index >= 15 is 0 Å². The summed E-state index contributed by atoms with van der Waals surface area (Å²) in [5, 5.41) is 4.01. The maximum atomic E-state index is 12.6. The van der Waals surface area contributed by atoms with Gasteiger partial charge in [-0.15, -0.1) is 0 Å². The average molecular weight is 412 g/mol. The molecule has 1 aliphatic heterocycles. The van der Waals surface area contributed by atoms with Crippen molar-refractivity contribution in [3.8, 4) is 11.4 Å². The van der Waals surface area contributed by atoms with Gasteiger partial charge in [0.05, 0.1) is 10.8 Å². The highest BCUT2D eigenvalue weighted by Gasteiger charge is 2.36. The minimum Gasteiger partial charge on any atom is -0.339 e. The summed E-state index contributed by atoms with van der Waals surface area (Å²) in [6.07, 6.45) is 0. The molecule has 2 heterocycles. The number of sulfonamides is 1. The third kappa shape index (κ3) is 3.66. The normalized spacial score (nSPS) is 14.8. The van der Waals surface area contributed by atoms with E-state index in [0.29, 0.717) is 30.4 Å². The van der Waals surface area contributed by atoms with Crippen LogP contribution in [-0.2, 0) is 10.0 Å². The van der Waals surface area contributed by atoms with E-state index in [0.717, 1.165) is 9.87 Å². The number of likely N-dealkylation sites (tertiary alicyclic amines) is 1. The summed E-state index contributed by atoms with van der Waals surface area (Å²) in [7, 11) is -0.581. The lowest BCUT2D eigenvalue weighted by molar-refractivity contribution is 0.0569. The van der Waals surface area contributed by atoms with E-state index in [9.17, 15) is 13.2 Å². The number of nitrogens with zero attached hydrogens (tertiary/aromatic N) is 4. The molecule has 0 unspecified atom stereocenters. The van der Waals surface area contributed by atoms with E-state index in [1.807, 2.05) is 30.3 Å². The van der Waals surface area contributed by atoms with Gasteiger partial charge in [0.25, 0.3) is 5.91 Å². The number of carbonyl (C=O) groups excluding carboxylic acids is 1. The zero-order valence-electron chi connectivity index (χ0n) is 16.0. The first-order chi connectivity index (χ1) is 13.9. The zero-order valence-corrected chi connectivity index (χ0v) is 16.8. The first-order valence-electron chi connectivity index (χ1n) is 9.07. The molecule has 29 heavy (non-hydrogen) atoms. The first-order valence-corrected chi connectivity index (χ1v) is 10.5. The number of benzene rings is 2. The first kappa shape index (κ1) is 19.3. The molecule has 4 rings (SSSR count).